The molecule has 5 rings (SSSR count). The van der Waals surface area contributed by atoms with Crippen LogP contribution in [0.15, 0.2) is 91.0 Å². The van der Waals surface area contributed by atoms with Gasteiger partial charge < -0.3 is 15.8 Å². The number of nitrogens with two attached hydrogens (primary N) is 1. The molecule has 6 nitrogen and oxygen atoms in total. The van der Waals surface area contributed by atoms with Crippen molar-refractivity contribution in [2.45, 2.75) is 19.8 Å². The number of aromatic nitrogens is 1. The first kappa shape index (κ1) is 26.8. The van der Waals surface area contributed by atoms with Gasteiger partial charge in [-0.2, -0.15) is 0 Å². The number of allylic oxidation sites excluding steroid dienone is 1. The van der Waals surface area contributed by atoms with E-state index in [0.29, 0.717) is 32.6 Å². The van der Waals surface area contributed by atoms with Crippen molar-refractivity contribution >= 4 is 50.7 Å². The van der Waals surface area contributed by atoms with Crippen LogP contribution in [0, 0.1) is 0 Å². The van der Waals surface area contributed by atoms with Gasteiger partial charge in [-0.3, -0.25) is 9.59 Å². The molecule has 0 saturated heterocycles. The molecule has 3 aromatic carbocycles. The topological polar surface area (TPSA) is 94.3 Å². The van der Waals surface area contributed by atoms with Crippen molar-refractivity contribution in [2.75, 3.05) is 18.2 Å². The lowest BCUT2D eigenvalue weighted by molar-refractivity contribution is 0.102. The summed E-state index contributed by atoms with van der Waals surface area (Å²) in [4.78, 5) is 31.5. The summed E-state index contributed by atoms with van der Waals surface area (Å²) in [5.74, 6) is 0.794. The van der Waals surface area contributed by atoms with Crippen LogP contribution in [0.5, 0.6) is 5.75 Å². The number of hydrogen-bond donors (Lipinski definition) is 2. The van der Waals surface area contributed by atoms with E-state index < -0.39 is 0 Å². The number of pyridine rings is 1. The van der Waals surface area contributed by atoms with Gasteiger partial charge in [-0.25, -0.2) is 4.98 Å². The number of nitrogen functional groups attached to an aromatic ring is 1. The lowest BCUT2D eigenvalue weighted by Crippen LogP contribution is -2.12. The highest BCUT2D eigenvalue weighted by atomic mass is 32.1. The van der Waals surface area contributed by atoms with Gasteiger partial charge in [-0.1, -0.05) is 44.2 Å². The molecule has 0 atom stereocenters. The van der Waals surface area contributed by atoms with Crippen LogP contribution in [0.3, 0.4) is 0 Å². The number of anilines is 2. The molecule has 200 valence electrons. The number of nitrogens with zero attached hydrogens (tertiary/aromatic N) is 1. The second-order valence-electron chi connectivity index (χ2n) is 9.67. The number of methoxy groups -OCH3 is 1. The predicted molar refractivity (Wildman–Crippen MR) is 164 cm³/mol. The average molecular weight is 548 g/mol. The Hall–Kier alpha value is -4.75. The molecule has 40 heavy (non-hydrogen) atoms. The van der Waals surface area contributed by atoms with E-state index in [4.69, 9.17) is 15.5 Å². The van der Waals surface area contributed by atoms with Gasteiger partial charge in [-0.15, -0.1) is 11.3 Å². The molecule has 0 bridgehead atoms. The maximum absolute atomic E-state index is 13.1. The molecule has 0 aliphatic rings. The van der Waals surface area contributed by atoms with E-state index in [0.717, 1.165) is 28.0 Å². The van der Waals surface area contributed by atoms with Crippen LogP contribution in [0.1, 0.15) is 50.9 Å². The van der Waals surface area contributed by atoms with Crippen molar-refractivity contribution < 1.29 is 14.3 Å². The van der Waals surface area contributed by atoms with Crippen molar-refractivity contribution in [1.82, 2.24) is 4.98 Å². The molecular formula is C33H29N3O3S. The Balaban J connectivity index is 1.27. The van der Waals surface area contributed by atoms with Crippen molar-refractivity contribution in [3.8, 4) is 17.0 Å². The Kier molecular flexibility index (Phi) is 7.75. The number of fused-ring (bicyclic) bond motifs is 1. The third-order valence-corrected chi connectivity index (χ3v) is 7.76. The Bertz CT molecular complexity index is 1700. The van der Waals surface area contributed by atoms with Gasteiger partial charge in [-0.05, 0) is 83.8 Å². The number of carbonyl (C=O) groups excluding carboxylic acids is 2. The number of carbonyl (C=O) groups is 2. The van der Waals surface area contributed by atoms with Gasteiger partial charge in [0.1, 0.15) is 15.5 Å². The summed E-state index contributed by atoms with van der Waals surface area (Å²) in [7, 11) is 1.63. The van der Waals surface area contributed by atoms with Crippen molar-refractivity contribution in [3.63, 3.8) is 0 Å². The zero-order valence-corrected chi connectivity index (χ0v) is 23.3. The van der Waals surface area contributed by atoms with E-state index in [9.17, 15) is 9.59 Å². The molecule has 0 fully saturated rings. The number of ketones is 1. The van der Waals surface area contributed by atoms with Crippen molar-refractivity contribution in [1.29, 1.82) is 0 Å². The van der Waals surface area contributed by atoms with Gasteiger partial charge in [0.15, 0.2) is 5.78 Å². The van der Waals surface area contributed by atoms with Crippen LogP contribution in [0.4, 0.5) is 11.4 Å². The molecule has 0 spiro atoms. The standard InChI is InChI=1S/C33H29N3O3S/c1-20(2)22-7-4-21(5-8-22)6-19-29(37)24-9-13-25(14-10-24)35-32(38)31-30(34)27-17-18-28(36-33(27)40-31)23-11-15-26(39-3)16-12-23/h4-20H,34H2,1-3H3,(H,35,38). The predicted octanol–water partition coefficient (Wildman–Crippen LogP) is 7.83. The maximum atomic E-state index is 13.1. The van der Waals surface area contributed by atoms with Crippen LogP contribution in [0.2, 0.25) is 0 Å². The highest BCUT2D eigenvalue weighted by Crippen LogP contribution is 2.35. The largest absolute Gasteiger partial charge is 0.497 e. The molecule has 2 heterocycles. The lowest BCUT2D eigenvalue weighted by Gasteiger charge is -2.05. The number of ether oxygens (including phenoxy) is 1. The summed E-state index contributed by atoms with van der Waals surface area (Å²) < 4.78 is 5.23. The lowest BCUT2D eigenvalue weighted by atomic mass is 10.0. The Morgan fingerprint density at radius 1 is 0.925 bits per heavy atom. The minimum absolute atomic E-state index is 0.113. The summed E-state index contributed by atoms with van der Waals surface area (Å²) in [5, 5.41) is 3.61. The van der Waals surface area contributed by atoms with Crippen LogP contribution >= 0.6 is 11.3 Å². The van der Waals surface area contributed by atoms with Gasteiger partial charge in [0.2, 0.25) is 0 Å². The first-order valence-corrected chi connectivity index (χ1v) is 13.7. The smallest absolute Gasteiger partial charge is 0.267 e. The van der Waals surface area contributed by atoms with Crippen LogP contribution < -0.4 is 15.8 Å². The Morgan fingerprint density at radius 3 is 2.27 bits per heavy atom. The Morgan fingerprint density at radius 2 is 1.62 bits per heavy atom. The highest BCUT2D eigenvalue weighted by molar-refractivity contribution is 7.21. The third-order valence-electron chi connectivity index (χ3n) is 6.64. The normalized spacial score (nSPS) is 11.3. The minimum Gasteiger partial charge on any atom is -0.497 e. The zero-order chi connectivity index (χ0) is 28.2. The molecule has 5 aromatic rings. The fourth-order valence-electron chi connectivity index (χ4n) is 4.25. The molecule has 2 aromatic heterocycles. The fourth-order valence-corrected chi connectivity index (χ4v) is 5.24. The highest BCUT2D eigenvalue weighted by Gasteiger charge is 2.18. The van der Waals surface area contributed by atoms with E-state index in [1.807, 2.05) is 48.5 Å². The quantitative estimate of drug-likeness (QED) is 0.153. The maximum Gasteiger partial charge on any atom is 0.267 e. The van der Waals surface area contributed by atoms with E-state index in [1.165, 1.54) is 16.9 Å². The van der Waals surface area contributed by atoms with Gasteiger partial charge in [0.05, 0.1) is 18.5 Å². The molecule has 0 unspecified atom stereocenters. The minimum atomic E-state index is -0.324. The van der Waals surface area contributed by atoms with Gasteiger partial charge in [0, 0.05) is 22.2 Å². The second kappa shape index (κ2) is 11.6. The Labute approximate surface area is 237 Å². The SMILES string of the molecule is COc1ccc(-c2ccc3c(N)c(C(=O)Nc4ccc(C(=O)C=Cc5ccc(C(C)C)cc5)cc4)sc3n2)cc1. The molecule has 1 amide bonds. The second-order valence-corrected chi connectivity index (χ2v) is 10.7. The molecular weight excluding hydrogens is 518 g/mol. The summed E-state index contributed by atoms with van der Waals surface area (Å²) in [5.41, 5.74) is 11.8. The summed E-state index contributed by atoms with van der Waals surface area (Å²) in [6, 6.07) is 26.4. The molecule has 0 aliphatic heterocycles. The van der Waals surface area contributed by atoms with E-state index in [2.05, 4.69) is 31.3 Å². The average Bonchev–Trinajstić information content (AvgIpc) is 3.32. The van der Waals surface area contributed by atoms with Gasteiger partial charge >= 0.3 is 0 Å². The van der Waals surface area contributed by atoms with Crippen molar-refractivity contribution in [3.05, 3.63) is 113 Å². The number of hydrogen-bond acceptors (Lipinski definition) is 6. The van der Waals surface area contributed by atoms with E-state index in [-0.39, 0.29) is 11.7 Å². The molecule has 0 saturated carbocycles. The van der Waals surface area contributed by atoms with Crippen LogP contribution in [-0.4, -0.2) is 23.8 Å². The number of rotatable bonds is 8. The molecule has 0 radical (unpaired) electrons. The zero-order valence-electron chi connectivity index (χ0n) is 22.5. The molecule has 7 heteroatoms. The fraction of sp³-hybridized carbons (Fsp3) is 0.121. The van der Waals surface area contributed by atoms with E-state index >= 15 is 0 Å². The van der Waals surface area contributed by atoms with E-state index in [1.54, 1.807) is 43.5 Å². The number of thiophene rings is 1. The van der Waals surface area contributed by atoms with Crippen molar-refractivity contribution in [2.24, 2.45) is 0 Å². The summed E-state index contributed by atoms with van der Waals surface area (Å²) in [6.07, 6.45) is 3.36. The number of amides is 1. The summed E-state index contributed by atoms with van der Waals surface area (Å²) in [6.45, 7) is 4.30. The number of nitrogens with one attached hydrogen (secondary N) is 1. The van der Waals surface area contributed by atoms with Crippen LogP contribution in [-0.2, 0) is 0 Å². The third kappa shape index (κ3) is 5.80. The first-order chi connectivity index (χ1) is 19.3. The van der Waals surface area contributed by atoms with Crippen LogP contribution in [0.25, 0.3) is 27.6 Å². The summed E-state index contributed by atoms with van der Waals surface area (Å²) >= 11 is 1.25. The monoisotopic (exact) mass is 547 g/mol. The first-order valence-electron chi connectivity index (χ1n) is 12.9. The molecule has 3 N–H and O–H groups in total. The molecule has 0 aliphatic carbocycles. The number of benzene rings is 3. The van der Waals surface area contributed by atoms with Gasteiger partial charge in [0.25, 0.3) is 5.91 Å².